The molecule has 1 aromatic heterocycles. The number of rotatable bonds is 4. The SMILES string of the molecule is CC(C)C(Nc1ccncc1Cl)C(=O)N1CCOCC1. The lowest BCUT2D eigenvalue weighted by atomic mass is 10.0. The van der Waals surface area contributed by atoms with Crippen LogP contribution in [-0.4, -0.2) is 48.1 Å². The van der Waals surface area contributed by atoms with Crippen molar-refractivity contribution in [3.8, 4) is 0 Å². The lowest BCUT2D eigenvalue weighted by molar-refractivity contribution is -0.137. The Kier molecular flexibility index (Phi) is 5.20. The summed E-state index contributed by atoms with van der Waals surface area (Å²) < 4.78 is 5.28. The minimum atomic E-state index is -0.298. The van der Waals surface area contributed by atoms with Crippen LogP contribution in [0.4, 0.5) is 5.69 Å². The molecule has 1 fully saturated rings. The number of halogens is 1. The molecule has 5 nitrogen and oxygen atoms in total. The molecule has 20 heavy (non-hydrogen) atoms. The number of hydrogen-bond donors (Lipinski definition) is 1. The average Bonchev–Trinajstić information content (AvgIpc) is 2.46. The predicted molar refractivity (Wildman–Crippen MR) is 78.9 cm³/mol. The van der Waals surface area contributed by atoms with E-state index in [0.29, 0.717) is 31.3 Å². The van der Waals surface area contributed by atoms with Crippen LogP contribution >= 0.6 is 11.6 Å². The molecule has 110 valence electrons. The van der Waals surface area contributed by atoms with E-state index in [2.05, 4.69) is 10.3 Å². The minimum Gasteiger partial charge on any atom is -0.378 e. The summed E-state index contributed by atoms with van der Waals surface area (Å²) >= 11 is 6.09. The molecular formula is C14H20ClN3O2. The first kappa shape index (κ1) is 15.1. The number of pyridine rings is 1. The molecule has 0 aromatic carbocycles. The number of nitrogens with zero attached hydrogens (tertiary/aromatic N) is 2. The average molecular weight is 298 g/mol. The Labute approximate surface area is 124 Å². The smallest absolute Gasteiger partial charge is 0.245 e. The van der Waals surface area contributed by atoms with Gasteiger partial charge in [0.15, 0.2) is 0 Å². The van der Waals surface area contributed by atoms with Crippen LogP contribution in [0.3, 0.4) is 0 Å². The minimum absolute atomic E-state index is 0.0937. The Morgan fingerprint density at radius 3 is 2.75 bits per heavy atom. The summed E-state index contributed by atoms with van der Waals surface area (Å²) in [6.07, 6.45) is 3.23. The molecule has 0 radical (unpaired) electrons. The molecule has 2 heterocycles. The molecule has 0 aliphatic carbocycles. The van der Waals surface area contributed by atoms with Crippen LogP contribution in [0.5, 0.6) is 0 Å². The number of carbonyl (C=O) groups is 1. The van der Waals surface area contributed by atoms with Crippen LogP contribution in [0.1, 0.15) is 13.8 Å². The van der Waals surface area contributed by atoms with E-state index in [0.717, 1.165) is 5.69 Å². The summed E-state index contributed by atoms with van der Waals surface area (Å²) in [5.74, 6) is 0.255. The summed E-state index contributed by atoms with van der Waals surface area (Å²) in [5.41, 5.74) is 0.738. The van der Waals surface area contributed by atoms with Gasteiger partial charge in [0, 0.05) is 25.5 Å². The van der Waals surface area contributed by atoms with Gasteiger partial charge >= 0.3 is 0 Å². The zero-order valence-corrected chi connectivity index (χ0v) is 12.6. The Balaban J connectivity index is 2.10. The zero-order valence-electron chi connectivity index (χ0n) is 11.8. The van der Waals surface area contributed by atoms with Crippen molar-refractivity contribution >= 4 is 23.2 Å². The second-order valence-electron chi connectivity index (χ2n) is 5.16. The van der Waals surface area contributed by atoms with Crippen molar-refractivity contribution < 1.29 is 9.53 Å². The van der Waals surface area contributed by atoms with Gasteiger partial charge in [-0.25, -0.2) is 0 Å². The number of carbonyl (C=O) groups excluding carboxylic acids is 1. The molecule has 6 heteroatoms. The maximum Gasteiger partial charge on any atom is 0.245 e. The quantitative estimate of drug-likeness (QED) is 0.924. The lowest BCUT2D eigenvalue weighted by Crippen LogP contribution is -2.49. The molecule has 1 saturated heterocycles. The van der Waals surface area contributed by atoms with Gasteiger partial charge in [-0.15, -0.1) is 0 Å². The molecule has 2 rings (SSSR count). The van der Waals surface area contributed by atoms with Crippen LogP contribution in [-0.2, 0) is 9.53 Å². The van der Waals surface area contributed by atoms with E-state index in [9.17, 15) is 4.79 Å². The maximum atomic E-state index is 12.6. The first-order valence-corrected chi connectivity index (χ1v) is 7.20. The molecule has 1 unspecified atom stereocenters. The molecule has 1 amide bonds. The number of morpholine rings is 1. The first-order valence-electron chi connectivity index (χ1n) is 6.82. The number of aromatic nitrogens is 1. The largest absolute Gasteiger partial charge is 0.378 e. The second-order valence-corrected chi connectivity index (χ2v) is 5.57. The van der Waals surface area contributed by atoms with Crippen molar-refractivity contribution in [2.75, 3.05) is 31.6 Å². The Bertz CT molecular complexity index is 461. The van der Waals surface area contributed by atoms with Gasteiger partial charge in [-0.1, -0.05) is 25.4 Å². The van der Waals surface area contributed by atoms with Gasteiger partial charge in [0.2, 0.25) is 5.91 Å². The van der Waals surface area contributed by atoms with E-state index in [-0.39, 0.29) is 17.9 Å². The molecular weight excluding hydrogens is 278 g/mol. The lowest BCUT2D eigenvalue weighted by Gasteiger charge is -2.32. The van der Waals surface area contributed by atoms with Crippen molar-refractivity contribution in [3.63, 3.8) is 0 Å². The molecule has 0 spiro atoms. The van der Waals surface area contributed by atoms with Gasteiger partial charge < -0.3 is 15.0 Å². The number of hydrogen-bond acceptors (Lipinski definition) is 4. The fraction of sp³-hybridized carbons (Fsp3) is 0.571. The van der Waals surface area contributed by atoms with Gasteiger partial charge in [-0.3, -0.25) is 9.78 Å². The highest BCUT2D eigenvalue weighted by Gasteiger charge is 2.28. The number of anilines is 1. The summed E-state index contributed by atoms with van der Waals surface area (Å²) in [4.78, 5) is 18.4. The van der Waals surface area contributed by atoms with Crippen molar-refractivity contribution in [2.45, 2.75) is 19.9 Å². The fourth-order valence-corrected chi connectivity index (χ4v) is 2.33. The fourth-order valence-electron chi connectivity index (χ4n) is 2.15. The third kappa shape index (κ3) is 3.61. The normalized spacial score (nSPS) is 17.1. The summed E-state index contributed by atoms with van der Waals surface area (Å²) in [6, 6.07) is 1.48. The molecule has 1 atom stereocenters. The third-order valence-corrected chi connectivity index (χ3v) is 3.64. The van der Waals surface area contributed by atoms with E-state index in [1.165, 1.54) is 0 Å². The van der Waals surface area contributed by atoms with E-state index in [4.69, 9.17) is 16.3 Å². The van der Waals surface area contributed by atoms with Gasteiger partial charge in [0.05, 0.1) is 23.9 Å². The summed E-state index contributed by atoms with van der Waals surface area (Å²) in [5, 5.41) is 3.76. The van der Waals surface area contributed by atoms with E-state index < -0.39 is 0 Å². The van der Waals surface area contributed by atoms with Gasteiger partial charge in [-0.2, -0.15) is 0 Å². The molecule has 0 bridgehead atoms. The molecule has 0 saturated carbocycles. The van der Waals surface area contributed by atoms with Crippen LogP contribution in [0.2, 0.25) is 5.02 Å². The van der Waals surface area contributed by atoms with Crippen LogP contribution in [0, 0.1) is 5.92 Å². The second kappa shape index (κ2) is 6.90. The highest BCUT2D eigenvalue weighted by molar-refractivity contribution is 6.33. The van der Waals surface area contributed by atoms with Gasteiger partial charge in [0.25, 0.3) is 0 Å². The van der Waals surface area contributed by atoms with Crippen LogP contribution in [0.15, 0.2) is 18.5 Å². The van der Waals surface area contributed by atoms with Crippen molar-refractivity contribution in [2.24, 2.45) is 5.92 Å². The van der Waals surface area contributed by atoms with Crippen LogP contribution in [0.25, 0.3) is 0 Å². The first-order chi connectivity index (χ1) is 9.59. The standard InChI is InChI=1S/C14H20ClN3O2/c1-10(2)13(14(19)18-5-7-20-8-6-18)17-12-3-4-16-9-11(12)15/h3-4,9-10,13H,5-8H2,1-2H3,(H,16,17). The van der Waals surface area contributed by atoms with Gasteiger partial charge in [-0.05, 0) is 12.0 Å². The molecule has 1 N–H and O–H groups in total. The number of amides is 1. The van der Waals surface area contributed by atoms with E-state index in [1.807, 2.05) is 18.7 Å². The molecule has 1 aliphatic heterocycles. The molecule has 1 aromatic rings. The Morgan fingerprint density at radius 2 is 2.15 bits per heavy atom. The van der Waals surface area contributed by atoms with Crippen LogP contribution < -0.4 is 5.32 Å². The third-order valence-electron chi connectivity index (χ3n) is 3.34. The summed E-state index contributed by atoms with van der Waals surface area (Å²) in [6.45, 7) is 6.54. The number of ether oxygens (including phenoxy) is 1. The predicted octanol–water partition coefficient (Wildman–Crippen LogP) is 2.03. The maximum absolute atomic E-state index is 12.6. The number of nitrogens with one attached hydrogen (secondary N) is 1. The highest BCUT2D eigenvalue weighted by atomic mass is 35.5. The van der Waals surface area contributed by atoms with Crippen molar-refractivity contribution in [1.29, 1.82) is 0 Å². The zero-order chi connectivity index (χ0) is 14.5. The Hall–Kier alpha value is -1.33. The molecule has 1 aliphatic rings. The van der Waals surface area contributed by atoms with E-state index in [1.54, 1.807) is 18.5 Å². The highest BCUT2D eigenvalue weighted by Crippen LogP contribution is 2.22. The Morgan fingerprint density at radius 1 is 1.45 bits per heavy atom. The van der Waals surface area contributed by atoms with E-state index >= 15 is 0 Å². The van der Waals surface area contributed by atoms with Crippen molar-refractivity contribution in [1.82, 2.24) is 9.88 Å². The topological polar surface area (TPSA) is 54.5 Å². The summed E-state index contributed by atoms with van der Waals surface area (Å²) in [7, 11) is 0. The van der Waals surface area contributed by atoms with Gasteiger partial charge in [0.1, 0.15) is 6.04 Å². The monoisotopic (exact) mass is 297 g/mol. The van der Waals surface area contributed by atoms with Crippen molar-refractivity contribution in [3.05, 3.63) is 23.5 Å².